The molecule has 0 radical (unpaired) electrons. The SMILES string of the molecule is Cc1cccc([C@H]2CN2c2c(F)c(F)c(F)c(F)c2F)c1. The van der Waals surface area contributed by atoms with E-state index in [0.717, 1.165) is 16.0 Å². The lowest BCUT2D eigenvalue weighted by molar-refractivity contribution is 0.380. The molecule has 0 bridgehead atoms. The van der Waals surface area contributed by atoms with Crippen LogP contribution in [-0.2, 0) is 0 Å². The first-order valence-electron chi connectivity index (χ1n) is 6.26. The van der Waals surface area contributed by atoms with Crippen LogP contribution in [-0.4, -0.2) is 6.54 Å². The van der Waals surface area contributed by atoms with Gasteiger partial charge < -0.3 is 4.90 Å². The normalized spacial score (nSPS) is 17.2. The standard InChI is InChI=1S/C15H10F5N/c1-7-3-2-4-8(5-7)9-6-21(9)15-13(19)11(17)10(16)12(18)14(15)20/h2-5,9H,6H2,1H3/t9-,21?/m1/s1. The Morgan fingerprint density at radius 2 is 1.48 bits per heavy atom. The van der Waals surface area contributed by atoms with Gasteiger partial charge in [0, 0.05) is 6.54 Å². The molecule has 6 heteroatoms. The van der Waals surface area contributed by atoms with Crippen LogP contribution in [0.25, 0.3) is 0 Å². The van der Waals surface area contributed by atoms with Crippen LogP contribution in [0.5, 0.6) is 0 Å². The molecule has 0 aromatic heterocycles. The van der Waals surface area contributed by atoms with Gasteiger partial charge in [0.05, 0.1) is 6.04 Å². The van der Waals surface area contributed by atoms with Gasteiger partial charge in [0.2, 0.25) is 5.82 Å². The van der Waals surface area contributed by atoms with Gasteiger partial charge in [-0.05, 0) is 12.5 Å². The van der Waals surface area contributed by atoms with Crippen LogP contribution in [0.2, 0.25) is 0 Å². The van der Waals surface area contributed by atoms with Crippen molar-refractivity contribution in [1.82, 2.24) is 0 Å². The molecule has 1 fully saturated rings. The van der Waals surface area contributed by atoms with Crippen molar-refractivity contribution in [1.29, 1.82) is 0 Å². The number of aryl methyl sites for hydroxylation is 1. The summed E-state index contributed by atoms with van der Waals surface area (Å²) in [4.78, 5) is 1.16. The molecule has 1 aliphatic rings. The third-order valence-corrected chi connectivity index (χ3v) is 3.51. The highest BCUT2D eigenvalue weighted by Gasteiger charge is 2.41. The largest absolute Gasteiger partial charge is 0.355 e. The van der Waals surface area contributed by atoms with Gasteiger partial charge in [0.15, 0.2) is 23.3 Å². The molecule has 1 nitrogen and oxygen atoms in total. The number of benzene rings is 2. The maximum Gasteiger partial charge on any atom is 0.200 e. The number of anilines is 1. The molecule has 0 saturated carbocycles. The summed E-state index contributed by atoms with van der Waals surface area (Å²) >= 11 is 0. The molecular formula is C15H10F5N. The predicted molar refractivity (Wildman–Crippen MR) is 67.5 cm³/mol. The molecule has 3 rings (SSSR count). The lowest BCUT2D eigenvalue weighted by Crippen LogP contribution is -2.08. The Morgan fingerprint density at radius 1 is 0.905 bits per heavy atom. The molecule has 2 aromatic carbocycles. The number of rotatable bonds is 2. The Labute approximate surface area is 117 Å². The molecule has 110 valence electrons. The van der Waals surface area contributed by atoms with E-state index in [1.165, 1.54) is 0 Å². The van der Waals surface area contributed by atoms with E-state index in [-0.39, 0.29) is 12.6 Å². The molecule has 0 amide bonds. The molecule has 0 spiro atoms. The Hall–Kier alpha value is -2.11. The van der Waals surface area contributed by atoms with Gasteiger partial charge in [0.1, 0.15) is 5.69 Å². The molecule has 2 aromatic rings. The number of hydrogen-bond acceptors (Lipinski definition) is 1. The smallest absolute Gasteiger partial charge is 0.200 e. The minimum Gasteiger partial charge on any atom is -0.355 e. The number of halogens is 5. The van der Waals surface area contributed by atoms with E-state index < -0.39 is 34.8 Å². The monoisotopic (exact) mass is 299 g/mol. The minimum atomic E-state index is -2.14. The fraction of sp³-hybridized carbons (Fsp3) is 0.200. The Kier molecular flexibility index (Phi) is 3.11. The summed E-state index contributed by atoms with van der Waals surface area (Å²) in [5, 5.41) is 0. The van der Waals surface area contributed by atoms with Crippen LogP contribution in [0.4, 0.5) is 27.6 Å². The molecule has 1 saturated heterocycles. The van der Waals surface area contributed by atoms with Gasteiger partial charge in [-0.25, -0.2) is 22.0 Å². The number of hydrogen-bond donors (Lipinski definition) is 0. The van der Waals surface area contributed by atoms with Crippen LogP contribution < -0.4 is 4.90 Å². The van der Waals surface area contributed by atoms with Crippen LogP contribution in [0, 0.1) is 36.0 Å². The number of nitrogens with zero attached hydrogens (tertiary/aromatic N) is 1. The van der Waals surface area contributed by atoms with Crippen molar-refractivity contribution in [3.05, 3.63) is 64.5 Å². The second-order valence-corrected chi connectivity index (χ2v) is 5.00. The van der Waals surface area contributed by atoms with Crippen molar-refractivity contribution in [2.24, 2.45) is 0 Å². The molecule has 1 atom stereocenters. The van der Waals surface area contributed by atoms with Crippen LogP contribution in [0.15, 0.2) is 24.3 Å². The van der Waals surface area contributed by atoms with Crippen LogP contribution in [0.1, 0.15) is 17.2 Å². The van der Waals surface area contributed by atoms with Crippen molar-refractivity contribution in [3.8, 4) is 0 Å². The van der Waals surface area contributed by atoms with Gasteiger partial charge in [-0.1, -0.05) is 29.8 Å². The minimum absolute atomic E-state index is 0.210. The highest BCUT2D eigenvalue weighted by molar-refractivity contribution is 5.59. The summed E-state index contributed by atoms with van der Waals surface area (Å²) in [6.45, 7) is 2.07. The topological polar surface area (TPSA) is 3.01 Å². The Morgan fingerprint density at radius 3 is 2.05 bits per heavy atom. The van der Waals surface area contributed by atoms with E-state index >= 15 is 0 Å². The van der Waals surface area contributed by atoms with Crippen molar-refractivity contribution in [2.75, 3.05) is 11.4 Å². The van der Waals surface area contributed by atoms with Crippen molar-refractivity contribution in [2.45, 2.75) is 13.0 Å². The molecule has 0 unspecified atom stereocenters. The third kappa shape index (κ3) is 2.14. The Balaban J connectivity index is 2.01. The average molecular weight is 299 g/mol. The summed E-state index contributed by atoms with van der Waals surface area (Å²) in [7, 11) is 0. The van der Waals surface area contributed by atoms with Crippen LogP contribution in [0.3, 0.4) is 0 Å². The van der Waals surface area contributed by atoms with E-state index in [1.807, 2.05) is 19.1 Å². The summed E-state index contributed by atoms with van der Waals surface area (Å²) in [6, 6.07) is 6.83. The second kappa shape index (κ2) is 4.72. The first-order chi connectivity index (χ1) is 9.91. The van der Waals surface area contributed by atoms with E-state index in [4.69, 9.17) is 0 Å². The average Bonchev–Trinajstić information content (AvgIpc) is 3.23. The molecule has 0 N–H and O–H groups in total. The van der Waals surface area contributed by atoms with E-state index in [9.17, 15) is 22.0 Å². The maximum atomic E-state index is 13.7. The quantitative estimate of drug-likeness (QED) is 0.347. The fourth-order valence-electron chi connectivity index (χ4n) is 2.39. The summed E-state index contributed by atoms with van der Waals surface area (Å²) in [5.41, 5.74) is 0.869. The van der Waals surface area contributed by atoms with E-state index in [1.54, 1.807) is 12.1 Å². The van der Waals surface area contributed by atoms with Crippen molar-refractivity contribution < 1.29 is 22.0 Å². The van der Waals surface area contributed by atoms with Gasteiger partial charge in [-0.15, -0.1) is 0 Å². The van der Waals surface area contributed by atoms with Gasteiger partial charge in [-0.2, -0.15) is 0 Å². The summed E-state index contributed by atoms with van der Waals surface area (Å²) < 4.78 is 66.8. The first-order valence-corrected chi connectivity index (χ1v) is 6.26. The van der Waals surface area contributed by atoms with Crippen LogP contribution >= 0.6 is 0 Å². The second-order valence-electron chi connectivity index (χ2n) is 5.00. The molecular weight excluding hydrogens is 289 g/mol. The van der Waals surface area contributed by atoms with Gasteiger partial charge in [-0.3, -0.25) is 0 Å². The fourth-order valence-corrected chi connectivity index (χ4v) is 2.39. The predicted octanol–water partition coefficient (Wildman–Crippen LogP) is 4.25. The first kappa shape index (κ1) is 13.9. The zero-order valence-electron chi connectivity index (χ0n) is 10.9. The van der Waals surface area contributed by atoms with Gasteiger partial charge >= 0.3 is 0 Å². The highest BCUT2D eigenvalue weighted by Crippen LogP contribution is 2.44. The van der Waals surface area contributed by atoms with Crippen molar-refractivity contribution in [3.63, 3.8) is 0 Å². The van der Waals surface area contributed by atoms with E-state index in [2.05, 4.69) is 0 Å². The lowest BCUT2D eigenvalue weighted by Gasteiger charge is -2.11. The third-order valence-electron chi connectivity index (χ3n) is 3.51. The maximum absolute atomic E-state index is 13.7. The van der Waals surface area contributed by atoms with E-state index in [0.29, 0.717) is 0 Å². The van der Waals surface area contributed by atoms with Crippen molar-refractivity contribution >= 4 is 5.69 Å². The summed E-state index contributed by atoms with van der Waals surface area (Å²) in [6.07, 6.45) is 0. The zero-order chi connectivity index (χ0) is 15.3. The lowest BCUT2D eigenvalue weighted by atomic mass is 10.1. The molecule has 1 aliphatic heterocycles. The molecule has 1 heterocycles. The molecule has 0 aliphatic carbocycles. The van der Waals surface area contributed by atoms with Gasteiger partial charge in [0.25, 0.3) is 0 Å². The highest BCUT2D eigenvalue weighted by atomic mass is 19.2. The summed E-state index contributed by atoms with van der Waals surface area (Å²) in [5.74, 6) is -9.55. The zero-order valence-corrected chi connectivity index (χ0v) is 10.9. The molecule has 21 heavy (non-hydrogen) atoms. The Bertz CT molecular complexity index is 699.